The van der Waals surface area contributed by atoms with Crippen molar-refractivity contribution in [1.82, 2.24) is 0 Å². The van der Waals surface area contributed by atoms with Crippen molar-refractivity contribution in [1.29, 1.82) is 0 Å². The van der Waals surface area contributed by atoms with E-state index in [-0.39, 0.29) is 18.6 Å². The van der Waals surface area contributed by atoms with E-state index in [0.717, 1.165) is 0 Å². The number of carbonyl (C=O) groups excluding carboxylic acids is 4. The predicted molar refractivity (Wildman–Crippen MR) is 147 cm³/mol. The van der Waals surface area contributed by atoms with Gasteiger partial charge in [0.2, 0.25) is 5.79 Å². The van der Waals surface area contributed by atoms with Crippen LogP contribution in [0.1, 0.15) is 72.5 Å². The van der Waals surface area contributed by atoms with Crippen LogP contribution in [-0.4, -0.2) is 65.6 Å². The van der Waals surface area contributed by atoms with Crippen molar-refractivity contribution < 1.29 is 52.4 Å². The first kappa shape index (κ1) is 30.0. The van der Waals surface area contributed by atoms with Crippen LogP contribution in [0.4, 0.5) is 0 Å². The monoisotopic (exact) mass is 600 g/mol. The molecule has 4 saturated heterocycles. The number of methoxy groups -OCH3 is 1. The lowest BCUT2D eigenvalue weighted by Crippen LogP contribution is -2.83. The van der Waals surface area contributed by atoms with Gasteiger partial charge in [-0.3, -0.25) is 14.4 Å². The van der Waals surface area contributed by atoms with Gasteiger partial charge in [-0.05, 0) is 31.4 Å². The molecule has 2 aliphatic carbocycles. The summed E-state index contributed by atoms with van der Waals surface area (Å²) in [6.07, 6.45) is -1.52. The van der Waals surface area contributed by atoms with Crippen molar-refractivity contribution in [2.24, 2.45) is 34.0 Å². The first-order valence-corrected chi connectivity index (χ1v) is 14.9. The molecule has 6 aliphatic rings. The number of carbonyl (C=O) groups is 4. The van der Waals surface area contributed by atoms with Gasteiger partial charge in [0.05, 0.1) is 37.4 Å². The molecule has 4 aliphatic heterocycles. The largest absolute Gasteiger partial charge is 0.472 e. The van der Waals surface area contributed by atoms with Crippen LogP contribution in [0, 0.1) is 34.0 Å². The summed E-state index contributed by atoms with van der Waals surface area (Å²) in [4.78, 5) is 54.6. The van der Waals surface area contributed by atoms with E-state index < -0.39 is 87.7 Å². The van der Waals surface area contributed by atoms with E-state index in [1.54, 1.807) is 33.8 Å². The Morgan fingerprint density at radius 1 is 1.19 bits per heavy atom. The molecule has 2 saturated carbocycles. The van der Waals surface area contributed by atoms with Gasteiger partial charge in [0.1, 0.15) is 23.6 Å². The molecular formula is C32H40O11. The molecule has 0 radical (unpaired) electrons. The highest BCUT2D eigenvalue weighted by Crippen LogP contribution is 2.73. The van der Waals surface area contributed by atoms with Crippen LogP contribution in [0.15, 0.2) is 35.2 Å². The van der Waals surface area contributed by atoms with E-state index in [2.05, 4.69) is 6.58 Å². The molecule has 7 rings (SSSR count). The summed E-state index contributed by atoms with van der Waals surface area (Å²) in [6, 6.07) is 1.69. The third-order valence-electron chi connectivity index (χ3n) is 11.4. The molecule has 11 unspecified atom stereocenters. The SMILES string of the molecule is C=C1C2CC3(C)C(c4ccoc4)OC(=O)CC13OC1C3(O)OC(C(=O)OC)C(C(C)(C)C3OC(=O)C(C)CC)C1(C)C2=O. The number of Topliss-reactive ketones (excluding diaryl/α,β-unsaturated/α-hetero) is 1. The van der Waals surface area contributed by atoms with Crippen molar-refractivity contribution in [2.75, 3.05) is 7.11 Å². The normalized spacial score (nSPS) is 45.0. The summed E-state index contributed by atoms with van der Waals surface area (Å²) < 4.78 is 35.4. The number of rotatable bonds is 5. The zero-order valence-electron chi connectivity index (χ0n) is 25.6. The van der Waals surface area contributed by atoms with Crippen LogP contribution in [0.2, 0.25) is 0 Å². The Labute approximate surface area is 250 Å². The summed E-state index contributed by atoms with van der Waals surface area (Å²) in [6.45, 7) is 14.9. The van der Waals surface area contributed by atoms with Crippen molar-refractivity contribution in [3.8, 4) is 0 Å². The first-order valence-electron chi connectivity index (χ1n) is 14.9. The molecule has 1 aromatic rings. The lowest BCUT2D eigenvalue weighted by molar-refractivity contribution is -0.444. The van der Waals surface area contributed by atoms with Crippen LogP contribution in [0.3, 0.4) is 0 Å². The fourth-order valence-electron chi connectivity index (χ4n) is 9.16. The summed E-state index contributed by atoms with van der Waals surface area (Å²) >= 11 is 0. The summed E-state index contributed by atoms with van der Waals surface area (Å²) in [5.74, 6) is -6.88. The molecule has 11 heteroatoms. The number of aliphatic hydroxyl groups is 1. The quantitative estimate of drug-likeness (QED) is 0.301. The standard InChI is InChI=1S/C32H40O11/c1-9-15(2)24(35)41-26-28(4,5)21-20(25(36)38-8)42-32(26,37)27-30(21,7)22(34)18-12-29(6)23(17-10-11-39-14-17)40-19(33)13-31(29,43-27)16(18)3/h10-11,14-15,18,20-21,23,26-27,37H,3,9,12-13H2,1-2,4-8H3. The third kappa shape index (κ3) is 3.52. The maximum absolute atomic E-state index is 15.0. The topological polar surface area (TPSA) is 148 Å². The Kier molecular flexibility index (Phi) is 6.46. The summed E-state index contributed by atoms with van der Waals surface area (Å²) in [7, 11) is 1.20. The van der Waals surface area contributed by atoms with Crippen molar-refractivity contribution >= 4 is 23.7 Å². The average molecular weight is 601 g/mol. The Hall–Kier alpha value is -3.02. The maximum atomic E-state index is 15.0. The molecule has 1 aromatic heterocycles. The third-order valence-corrected chi connectivity index (χ3v) is 11.4. The van der Waals surface area contributed by atoms with Gasteiger partial charge in [0.25, 0.3) is 0 Å². The number of ether oxygens (including phenoxy) is 5. The lowest BCUT2D eigenvalue weighted by Gasteiger charge is -2.68. The minimum Gasteiger partial charge on any atom is -0.472 e. The molecule has 234 valence electrons. The second-order valence-electron chi connectivity index (χ2n) is 14.0. The van der Waals surface area contributed by atoms with Crippen LogP contribution in [0.5, 0.6) is 0 Å². The molecule has 43 heavy (non-hydrogen) atoms. The van der Waals surface area contributed by atoms with E-state index in [4.69, 9.17) is 28.1 Å². The molecule has 11 atom stereocenters. The zero-order valence-corrected chi connectivity index (χ0v) is 25.6. The second-order valence-corrected chi connectivity index (χ2v) is 14.0. The Morgan fingerprint density at radius 2 is 1.88 bits per heavy atom. The van der Waals surface area contributed by atoms with Gasteiger partial charge in [0.15, 0.2) is 12.2 Å². The molecular weight excluding hydrogens is 560 g/mol. The molecule has 0 amide bonds. The van der Waals surface area contributed by atoms with E-state index in [9.17, 15) is 24.3 Å². The van der Waals surface area contributed by atoms with Gasteiger partial charge in [-0.15, -0.1) is 0 Å². The highest BCUT2D eigenvalue weighted by molar-refractivity contribution is 5.94. The van der Waals surface area contributed by atoms with Crippen LogP contribution < -0.4 is 0 Å². The first-order chi connectivity index (χ1) is 20.0. The number of cyclic esters (lactones) is 1. The molecule has 1 spiro atoms. The number of esters is 3. The summed E-state index contributed by atoms with van der Waals surface area (Å²) in [5, 5.41) is 12.7. The summed E-state index contributed by atoms with van der Waals surface area (Å²) in [5.41, 5.74) is -4.13. The number of ketones is 1. The van der Waals surface area contributed by atoms with Crippen molar-refractivity contribution in [3.05, 3.63) is 36.3 Å². The molecule has 6 fully saturated rings. The van der Waals surface area contributed by atoms with E-state index in [0.29, 0.717) is 17.6 Å². The van der Waals surface area contributed by atoms with Crippen LogP contribution in [-0.2, 0) is 42.9 Å². The van der Waals surface area contributed by atoms with Crippen molar-refractivity contribution in [2.45, 2.75) is 96.6 Å². The fraction of sp³-hybridized carbons (Fsp3) is 0.688. The smallest absolute Gasteiger partial charge is 0.335 e. The predicted octanol–water partition coefficient (Wildman–Crippen LogP) is 3.44. The minimum absolute atomic E-state index is 0.248. The molecule has 11 nitrogen and oxygen atoms in total. The molecule has 5 heterocycles. The molecule has 1 N–H and O–H groups in total. The Morgan fingerprint density at radius 3 is 2.49 bits per heavy atom. The van der Waals surface area contributed by atoms with Gasteiger partial charge >= 0.3 is 17.9 Å². The number of hydrogen-bond acceptors (Lipinski definition) is 11. The van der Waals surface area contributed by atoms with E-state index >= 15 is 0 Å². The van der Waals surface area contributed by atoms with Gasteiger partial charge in [-0.1, -0.05) is 41.2 Å². The van der Waals surface area contributed by atoms with E-state index in [1.807, 2.05) is 13.8 Å². The minimum atomic E-state index is -2.47. The van der Waals surface area contributed by atoms with Crippen LogP contribution >= 0.6 is 0 Å². The fourth-order valence-corrected chi connectivity index (χ4v) is 9.16. The maximum Gasteiger partial charge on any atom is 0.335 e. The Balaban J connectivity index is 1.56. The molecule has 4 bridgehead atoms. The average Bonchev–Trinajstić information content (AvgIpc) is 3.55. The number of hydrogen-bond donors (Lipinski definition) is 1. The van der Waals surface area contributed by atoms with Gasteiger partial charge in [-0.25, -0.2) is 4.79 Å². The zero-order chi connectivity index (χ0) is 31.5. The van der Waals surface area contributed by atoms with Gasteiger partial charge in [-0.2, -0.15) is 0 Å². The van der Waals surface area contributed by atoms with Crippen molar-refractivity contribution in [3.63, 3.8) is 0 Å². The van der Waals surface area contributed by atoms with Gasteiger partial charge < -0.3 is 33.2 Å². The Bertz CT molecular complexity index is 1400. The lowest BCUT2D eigenvalue weighted by atomic mass is 9.46. The van der Waals surface area contributed by atoms with E-state index in [1.165, 1.54) is 19.6 Å². The highest BCUT2D eigenvalue weighted by Gasteiger charge is 2.84. The highest BCUT2D eigenvalue weighted by atomic mass is 16.7. The van der Waals surface area contributed by atoms with Crippen LogP contribution in [0.25, 0.3) is 0 Å². The number of furan rings is 1. The second kappa shape index (κ2) is 9.25. The number of fused-ring (bicyclic) bond motifs is 3. The van der Waals surface area contributed by atoms with Gasteiger partial charge in [0, 0.05) is 28.2 Å². The molecule has 0 aromatic carbocycles.